The third-order valence-electron chi connectivity index (χ3n) is 5.98. The van der Waals surface area contributed by atoms with Crippen LogP contribution in [0, 0.1) is 5.82 Å². The molecule has 0 amide bonds. The van der Waals surface area contributed by atoms with Crippen molar-refractivity contribution in [1.82, 2.24) is 0 Å². The minimum Gasteiger partial charge on any atom is -0.374 e. The molecular formula is C32H24FNO. The lowest BCUT2D eigenvalue weighted by atomic mass is 9.80. The maximum atomic E-state index is 13.7. The maximum absolute atomic E-state index is 13.7. The number of rotatable bonds is 7. The Bertz CT molecular complexity index is 1290. The second-order valence-corrected chi connectivity index (χ2v) is 8.18. The fourth-order valence-electron chi connectivity index (χ4n) is 4.27. The Morgan fingerprint density at radius 2 is 0.857 bits per heavy atom. The van der Waals surface area contributed by atoms with Gasteiger partial charge < -0.3 is 4.84 Å². The van der Waals surface area contributed by atoms with E-state index in [9.17, 15) is 4.39 Å². The van der Waals surface area contributed by atoms with Crippen molar-refractivity contribution in [2.75, 3.05) is 0 Å². The first-order valence-corrected chi connectivity index (χ1v) is 11.5. The van der Waals surface area contributed by atoms with Crippen molar-refractivity contribution in [1.29, 1.82) is 0 Å². The van der Waals surface area contributed by atoms with Crippen LogP contribution in [-0.4, -0.2) is 5.71 Å². The second-order valence-electron chi connectivity index (χ2n) is 8.18. The van der Waals surface area contributed by atoms with Gasteiger partial charge in [0.05, 0.1) is 0 Å². The summed E-state index contributed by atoms with van der Waals surface area (Å²) < 4.78 is 13.7. The number of halogens is 1. The number of oxime groups is 1. The summed E-state index contributed by atoms with van der Waals surface area (Å²) >= 11 is 0. The SMILES string of the molecule is Fc1ccc(C(=NOC(c2ccccc2)(c2ccccc2)c2ccccc2)c2ccccc2)cc1. The van der Waals surface area contributed by atoms with Crippen molar-refractivity contribution in [3.8, 4) is 0 Å². The van der Waals surface area contributed by atoms with E-state index in [4.69, 9.17) is 9.99 Å². The van der Waals surface area contributed by atoms with Crippen LogP contribution in [0.3, 0.4) is 0 Å². The molecule has 0 aliphatic carbocycles. The summed E-state index contributed by atoms with van der Waals surface area (Å²) in [5.41, 5.74) is 4.12. The van der Waals surface area contributed by atoms with E-state index in [1.165, 1.54) is 12.1 Å². The van der Waals surface area contributed by atoms with Crippen LogP contribution in [0.25, 0.3) is 0 Å². The summed E-state index contributed by atoms with van der Waals surface area (Å²) in [6.45, 7) is 0. The summed E-state index contributed by atoms with van der Waals surface area (Å²) in [6, 6.07) is 46.4. The van der Waals surface area contributed by atoms with Crippen LogP contribution in [0.4, 0.5) is 4.39 Å². The summed E-state index contributed by atoms with van der Waals surface area (Å²) in [4.78, 5) is 6.68. The van der Waals surface area contributed by atoms with Gasteiger partial charge in [0.1, 0.15) is 11.5 Å². The zero-order valence-corrected chi connectivity index (χ0v) is 19.1. The van der Waals surface area contributed by atoms with Gasteiger partial charge in [0.2, 0.25) is 5.60 Å². The molecule has 0 heterocycles. The van der Waals surface area contributed by atoms with E-state index in [1.54, 1.807) is 12.1 Å². The molecule has 0 atom stereocenters. The first kappa shape index (κ1) is 22.3. The molecule has 2 nitrogen and oxygen atoms in total. The normalized spacial score (nSPS) is 11.7. The molecule has 0 aliphatic rings. The van der Waals surface area contributed by atoms with Crippen molar-refractivity contribution in [3.05, 3.63) is 179 Å². The molecule has 5 rings (SSSR count). The van der Waals surface area contributed by atoms with E-state index in [2.05, 4.69) is 36.4 Å². The van der Waals surface area contributed by atoms with E-state index >= 15 is 0 Å². The zero-order chi connectivity index (χ0) is 23.9. The van der Waals surface area contributed by atoms with Gasteiger partial charge >= 0.3 is 0 Å². The van der Waals surface area contributed by atoms with Crippen LogP contribution in [0.5, 0.6) is 0 Å². The fraction of sp³-hybridized carbons (Fsp3) is 0.0312. The highest BCUT2D eigenvalue weighted by Crippen LogP contribution is 2.40. The van der Waals surface area contributed by atoms with Crippen molar-refractivity contribution in [2.45, 2.75) is 5.60 Å². The Labute approximate surface area is 205 Å². The highest BCUT2D eigenvalue weighted by molar-refractivity contribution is 6.12. The standard InChI is InChI=1S/C32H24FNO/c33-30-23-21-26(22-24-30)31(25-13-5-1-6-14-25)34-35-32(27-15-7-2-8-16-27,28-17-9-3-10-18-28)29-19-11-4-12-20-29/h1-24H. The first-order chi connectivity index (χ1) is 17.3. The molecule has 5 aromatic rings. The maximum Gasteiger partial charge on any atom is 0.212 e. The van der Waals surface area contributed by atoms with Gasteiger partial charge in [0.15, 0.2) is 0 Å². The Kier molecular flexibility index (Phi) is 6.49. The minimum atomic E-state index is -0.996. The number of hydrogen-bond acceptors (Lipinski definition) is 2. The molecule has 0 radical (unpaired) electrons. The predicted octanol–water partition coefficient (Wildman–Crippen LogP) is 7.59. The van der Waals surface area contributed by atoms with Gasteiger partial charge in [0.25, 0.3) is 0 Å². The quantitative estimate of drug-likeness (QED) is 0.140. The molecule has 0 N–H and O–H groups in total. The highest BCUT2D eigenvalue weighted by atomic mass is 19.1. The molecule has 0 unspecified atom stereocenters. The number of benzene rings is 5. The highest BCUT2D eigenvalue weighted by Gasteiger charge is 2.39. The van der Waals surface area contributed by atoms with E-state index in [1.807, 2.05) is 84.9 Å². The topological polar surface area (TPSA) is 21.6 Å². The molecule has 0 aliphatic heterocycles. The van der Waals surface area contributed by atoms with Gasteiger partial charge in [-0.3, -0.25) is 0 Å². The monoisotopic (exact) mass is 457 g/mol. The predicted molar refractivity (Wildman–Crippen MR) is 139 cm³/mol. The van der Waals surface area contributed by atoms with Crippen molar-refractivity contribution >= 4 is 5.71 Å². The largest absolute Gasteiger partial charge is 0.374 e. The van der Waals surface area contributed by atoms with Crippen molar-refractivity contribution < 1.29 is 9.23 Å². The molecule has 0 saturated heterocycles. The van der Waals surface area contributed by atoms with Crippen LogP contribution in [-0.2, 0) is 10.4 Å². The Morgan fingerprint density at radius 3 is 1.29 bits per heavy atom. The molecule has 0 fully saturated rings. The Balaban J connectivity index is 1.74. The van der Waals surface area contributed by atoms with Gasteiger partial charge in [-0.2, -0.15) is 0 Å². The summed E-state index contributed by atoms with van der Waals surface area (Å²) in [7, 11) is 0. The molecule has 0 saturated carbocycles. The van der Waals surface area contributed by atoms with Gasteiger partial charge in [-0.15, -0.1) is 0 Å². The molecule has 0 bridgehead atoms. The smallest absolute Gasteiger partial charge is 0.212 e. The van der Waals surface area contributed by atoms with Crippen LogP contribution >= 0.6 is 0 Å². The third-order valence-corrected chi connectivity index (χ3v) is 5.98. The average molecular weight is 458 g/mol. The lowest BCUT2D eigenvalue weighted by molar-refractivity contribution is 0.0174. The van der Waals surface area contributed by atoms with Crippen LogP contribution < -0.4 is 0 Å². The summed E-state index contributed by atoms with van der Waals surface area (Å²) in [5, 5.41) is 4.79. The Morgan fingerprint density at radius 1 is 0.486 bits per heavy atom. The van der Waals surface area contributed by atoms with Crippen molar-refractivity contribution in [3.63, 3.8) is 0 Å². The fourth-order valence-corrected chi connectivity index (χ4v) is 4.27. The minimum absolute atomic E-state index is 0.297. The van der Waals surface area contributed by atoms with Crippen molar-refractivity contribution in [2.24, 2.45) is 5.16 Å². The molecular weight excluding hydrogens is 433 g/mol. The van der Waals surface area contributed by atoms with Gasteiger partial charge in [-0.25, -0.2) is 4.39 Å². The number of hydrogen-bond donors (Lipinski definition) is 0. The molecule has 170 valence electrons. The van der Waals surface area contributed by atoms with Crippen LogP contribution in [0.15, 0.2) is 151 Å². The van der Waals surface area contributed by atoms with Crippen LogP contribution in [0.1, 0.15) is 27.8 Å². The van der Waals surface area contributed by atoms with Gasteiger partial charge in [0, 0.05) is 27.8 Å². The lowest BCUT2D eigenvalue weighted by Crippen LogP contribution is -2.31. The molecule has 35 heavy (non-hydrogen) atoms. The van der Waals surface area contributed by atoms with Crippen LogP contribution in [0.2, 0.25) is 0 Å². The number of nitrogens with zero attached hydrogens (tertiary/aromatic N) is 1. The van der Waals surface area contributed by atoms with E-state index < -0.39 is 5.60 Å². The van der Waals surface area contributed by atoms with E-state index in [-0.39, 0.29) is 5.82 Å². The molecule has 0 spiro atoms. The van der Waals surface area contributed by atoms with E-state index in [0.717, 1.165) is 27.8 Å². The summed E-state index contributed by atoms with van der Waals surface area (Å²) in [6.07, 6.45) is 0. The molecule has 3 heteroatoms. The van der Waals surface area contributed by atoms with E-state index in [0.29, 0.717) is 5.71 Å². The second kappa shape index (κ2) is 10.2. The third kappa shape index (κ3) is 4.62. The Hall–Kier alpha value is -4.50. The lowest BCUT2D eigenvalue weighted by Gasteiger charge is -2.33. The molecule has 5 aromatic carbocycles. The van der Waals surface area contributed by atoms with Gasteiger partial charge in [-0.05, 0) is 24.3 Å². The van der Waals surface area contributed by atoms with Gasteiger partial charge in [-0.1, -0.05) is 126 Å². The average Bonchev–Trinajstić information content (AvgIpc) is 2.94. The zero-order valence-electron chi connectivity index (χ0n) is 19.1. The first-order valence-electron chi connectivity index (χ1n) is 11.5. The summed E-state index contributed by atoms with van der Waals surface area (Å²) in [5.74, 6) is -0.297. The molecule has 0 aromatic heterocycles.